The molecule has 1 aromatic rings. The normalized spacial score (nSPS) is 24.1. The molecule has 8 heteroatoms. The van der Waals surface area contributed by atoms with Crippen molar-refractivity contribution in [3.8, 4) is 0 Å². The molecule has 25 heavy (non-hydrogen) atoms. The van der Waals surface area contributed by atoms with E-state index in [-0.39, 0.29) is 19.4 Å². The molecule has 1 N–H and O–H groups in total. The van der Waals surface area contributed by atoms with E-state index in [1.165, 1.54) is 0 Å². The summed E-state index contributed by atoms with van der Waals surface area (Å²) in [5.41, 5.74) is 1.01. The lowest BCUT2D eigenvalue weighted by atomic mass is 9.99. The predicted octanol–water partition coefficient (Wildman–Crippen LogP) is 2.61. The number of carbonyl (C=O) groups excluding carboxylic acids is 1. The molecule has 0 saturated carbocycles. The quantitative estimate of drug-likeness (QED) is 0.597. The van der Waals surface area contributed by atoms with Gasteiger partial charge in [0, 0.05) is 19.4 Å². The van der Waals surface area contributed by atoms with Crippen molar-refractivity contribution in [2.75, 3.05) is 13.2 Å². The summed E-state index contributed by atoms with van der Waals surface area (Å²) in [4.78, 5) is 11.0. The third-order valence-electron chi connectivity index (χ3n) is 3.84. The van der Waals surface area contributed by atoms with Crippen molar-refractivity contribution in [1.82, 2.24) is 0 Å². The van der Waals surface area contributed by atoms with Gasteiger partial charge in [-0.05, 0) is 12.0 Å². The molecule has 3 atom stereocenters. The molecule has 1 aliphatic rings. The van der Waals surface area contributed by atoms with Crippen LogP contribution in [0.2, 0.25) is 0 Å². The van der Waals surface area contributed by atoms with Gasteiger partial charge in [0.1, 0.15) is 6.10 Å². The molecule has 0 aromatic heterocycles. The summed E-state index contributed by atoms with van der Waals surface area (Å²) in [5, 5.41) is 9.22. The Morgan fingerprint density at radius 1 is 1.20 bits per heavy atom. The Kier molecular flexibility index (Phi) is 7.22. The highest BCUT2D eigenvalue weighted by Crippen LogP contribution is 2.27. The van der Waals surface area contributed by atoms with Crippen LogP contribution in [0.4, 0.5) is 13.2 Å². The number of aliphatic hydroxyl groups is 1. The highest BCUT2D eigenvalue weighted by molar-refractivity contribution is 5.75. The molecule has 1 fully saturated rings. The fourth-order valence-electron chi connectivity index (χ4n) is 2.66. The molecular weight excluding hydrogens is 341 g/mol. The molecule has 140 valence electrons. The van der Waals surface area contributed by atoms with Crippen LogP contribution in [-0.2, 0) is 25.6 Å². The van der Waals surface area contributed by atoms with Gasteiger partial charge in [-0.15, -0.1) is 0 Å². The minimum Gasteiger partial charge on any atom is -0.456 e. The monoisotopic (exact) mass is 362 g/mol. The van der Waals surface area contributed by atoms with Crippen LogP contribution in [0.3, 0.4) is 0 Å². The van der Waals surface area contributed by atoms with Gasteiger partial charge in [-0.2, -0.15) is 13.2 Å². The molecule has 2 rings (SSSR count). The molecular formula is C17H21F3O5. The summed E-state index contributed by atoms with van der Waals surface area (Å²) >= 11 is 0. The first kappa shape index (κ1) is 19.7. The number of ether oxygens (including phenoxy) is 3. The number of halogens is 3. The zero-order valence-electron chi connectivity index (χ0n) is 13.6. The number of esters is 1. The number of hydrogen-bond donors (Lipinski definition) is 1. The van der Waals surface area contributed by atoms with Gasteiger partial charge >= 0.3 is 12.1 Å². The maximum atomic E-state index is 12.3. The second-order valence-electron chi connectivity index (χ2n) is 5.89. The number of hydrogen-bond acceptors (Lipinski definition) is 5. The van der Waals surface area contributed by atoms with E-state index in [0.29, 0.717) is 19.6 Å². The van der Waals surface area contributed by atoms with Crippen LogP contribution >= 0.6 is 0 Å². The van der Waals surface area contributed by atoms with Crippen molar-refractivity contribution in [3.63, 3.8) is 0 Å². The van der Waals surface area contributed by atoms with Crippen molar-refractivity contribution < 1.29 is 37.3 Å². The molecule has 5 nitrogen and oxygen atoms in total. The van der Waals surface area contributed by atoms with Crippen LogP contribution in [0.5, 0.6) is 0 Å². The van der Waals surface area contributed by atoms with E-state index in [9.17, 15) is 23.1 Å². The molecule has 1 aromatic carbocycles. The van der Waals surface area contributed by atoms with Gasteiger partial charge in [-0.1, -0.05) is 30.3 Å². The topological polar surface area (TPSA) is 65.0 Å². The van der Waals surface area contributed by atoms with Crippen molar-refractivity contribution in [2.45, 2.75) is 50.4 Å². The van der Waals surface area contributed by atoms with E-state index in [4.69, 9.17) is 9.47 Å². The second kappa shape index (κ2) is 9.17. The number of aliphatic hydroxyl groups excluding tert-OH is 1. The second-order valence-corrected chi connectivity index (χ2v) is 5.89. The van der Waals surface area contributed by atoms with Gasteiger partial charge in [0.25, 0.3) is 0 Å². The Bertz CT molecular complexity index is 535. The van der Waals surface area contributed by atoms with Gasteiger partial charge in [0.15, 0.2) is 0 Å². The Labute approximate surface area is 143 Å². The highest BCUT2D eigenvalue weighted by atomic mass is 19.4. The van der Waals surface area contributed by atoms with Crippen LogP contribution in [-0.4, -0.2) is 48.8 Å². The maximum absolute atomic E-state index is 12.3. The zero-order valence-corrected chi connectivity index (χ0v) is 13.6. The fraction of sp³-hybridized carbons (Fsp3) is 0.588. The van der Waals surface area contributed by atoms with Gasteiger partial charge in [-0.3, -0.25) is 0 Å². The molecule has 1 saturated heterocycles. The van der Waals surface area contributed by atoms with Crippen molar-refractivity contribution >= 4 is 5.97 Å². The van der Waals surface area contributed by atoms with E-state index in [0.717, 1.165) is 5.56 Å². The average molecular weight is 362 g/mol. The molecule has 1 aliphatic heterocycles. The van der Waals surface area contributed by atoms with Crippen molar-refractivity contribution in [1.29, 1.82) is 0 Å². The van der Waals surface area contributed by atoms with Crippen LogP contribution in [0.25, 0.3) is 0 Å². The summed E-state index contributed by atoms with van der Waals surface area (Å²) in [6, 6.07) is 9.54. The average Bonchev–Trinajstić information content (AvgIpc) is 2.58. The summed E-state index contributed by atoms with van der Waals surface area (Å²) in [7, 11) is 0. The first-order valence-corrected chi connectivity index (χ1v) is 8.04. The SMILES string of the molecule is O=C(O[C@H]1C[C@@H](CO)O[C@@H](CCOCc2ccccc2)C1)C(F)(F)F. The largest absolute Gasteiger partial charge is 0.490 e. The van der Waals surface area contributed by atoms with E-state index in [2.05, 4.69) is 4.74 Å². The van der Waals surface area contributed by atoms with Crippen LogP contribution < -0.4 is 0 Å². The molecule has 0 spiro atoms. The lowest BCUT2D eigenvalue weighted by molar-refractivity contribution is -0.213. The third kappa shape index (κ3) is 6.64. The number of carbonyl (C=O) groups is 1. The summed E-state index contributed by atoms with van der Waals surface area (Å²) < 4.78 is 52.6. The highest BCUT2D eigenvalue weighted by Gasteiger charge is 2.43. The maximum Gasteiger partial charge on any atom is 0.490 e. The van der Waals surface area contributed by atoms with Gasteiger partial charge < -0.3 is 19.3 Å². The van der Waals surface area contributed by atoms with E-state index >= 15 is 0 Å². The Hall–Kier alpha value is -1.64. The molecule has 0 unspecified atom stereocenters. The van der Waals surface area contributed by atoms with Gasteiger partial charge in [0.05, 0.1) is 25.4 Å². The smallest absolute Gasteiger partial charge is 0.456 e. The fourth-order valence-corrected chi connectivity index (χ4v) is 2.66. The Balaban J connectivity index is 1.78. The minimum atomic E-state index is -5.03. The third-order valence-corrected chi connectivity index (χ3v) is 3.84. The lowest BCUT2D eigenvalue weighted by Crippen LogP contribution is -2.42. The summed E-state index contributed by atoms with van der Waals surface area (Å²) in [6.07, 6.45) is -6.43. The van der Waals surface area contributed by atoms with E-state index in [1.807, 2.05) is 30.3 Å². The van der Waals surface area contributed by atoms with Crippen molar-refractivity contribution in [3.05, 3.63) is 35.9 Å². The van der Waals surface area contributed by atoms with Crippen LogP contribution in [0.15, 0.2) is 30.3 Å². The van der Waals surface area contributed by atoms with Gasteiger partial charge in [-0.25, -0.2) is 4.79 Å². The number of alkyl halides is 3. The Morgan fingerprint density at radius 2 is 1.88 bits per heavy atom. The first-order chi connectivity index (χ1) is 11.9. The van der Waals surface area contributed by atoms with E-state index in [1.54, 1.807) is 0 Å². The predicted molar refractivity (Wildman–Crippen MR) is 81.6 cm³/mol. The molecule has 0 amide bonds. The summed E-state index contributed by atoms with van der Waals surface area (Å²) in [6.45, 7) is 0.419. The Morgan fingerprint density at radius 3 is 2.52 bits per heavy atom. The molecule has 0 aliphatic carbocycles. The van der Waals surface area contributed by atoms with Crippen molar-refractivity contribution in [2.24, 2.45) is 0 Å². The van der Waals surface area contributed by atoms with Crippen LogP contribution in [0, 0.1) is 0 Å². The summed E-state index contributed by atoms with van der Waals surface area (Å²) in [5.74, 6) is -2.21. The zero-order chi connectivity index (χ0) is 18.3. The minimum absolute atomic E-state index is 0.0414. The van der Waals surface area contributed by atoms with Gasteiger partial charge in [0.2, 0.25) is 0 Å². The van der Waals surface area contributed by atoms with E-state index < -0.39 is 30.5 Å². The molecule has 1 heterocycles. The number of rotatable bonds is 7. The lowest BCUT2D eigenvalue weighted by Gasteiger charge is -2.34. The van der Waals surface area contributed by atoms with Crippen LogP contribution in [0.1, 0.15) is 24.8 Å². The standard InChI is InChI=1S/C17H21F3O5/c18-17(19,20)16(22)25-14-8-13(24-15(9-14)10-21)6-7-23-11-12-4-2-1-3-5-12/h1-5,13-15,21H,6-11H2/t13-,14+,15-/m0/s1. The molecule has 0 bridgehead atoms. The number of benzene rings is 1. The molecule has 0 radical (unpaired) electrons. The first-order valence-electron chi connectivity index (χ1n) is 8.04.